The Bertz CT molecular complexity index is 1320. The Morgan fingerprint density at radius 3 is 2.46 bits per heavy atom. The average Bonchev–Trinajstić information content (AvgIpc) is 3.06. The number of amides is 1. The number of carbonyl (C=O) groups excluding carboxylic acids is 1. The molecule has 0 bridgehead atoms. The van der Waals surface area contributed by atoms with Gasteiger partial charge in [-0.05, 0) is 57.5 Å². The van der Waals surface area contributed by atoms with Crippen molar-refractivity contribution in [1.82, 2.24) is 14.2 Å². The van der Waals surface area contributed by atoms with Gasteiger partial charge in [-0.2, -0.15) is 4.31 Å². The Morgan fingerprint density at radius 2 is 1.74 bits per heavy atom. The molecule has 2 heterocycles. The summed E-state index contributed by atoms with van der Waals surface area (Å²) >= 11 is 0. The smallest absolute Gasteiger partial charge is 0.410 e. The van der Waals surface area contributed by atoms with E-state index in [9.17, 15) is 17.6 Å². The normalized spacial score (nSPS) is 15.6. The summed E-state index contributed by atoms with van der Waals surface area (Å²) in [6.07, 6.45) is 3.03. The molecule has 3 aromatic rings. The van der Waals surface area contributed by atoms with Crippen molar-refractivity contribution in [2.24, 2.45) is 0 Å². The first-order valence-electron chi connectivity index (χ1n) is 11.3. The molecule has 186 valence electrons. The number of fused-ring (bicyclic) bond motifs is 1. The Morgan fingerprint density at radius 1 is 1.00 bits per heavy atom. The van der Waals surface area contributed by atoms with Gasteiger partial charge in [-0.1, -0.05) is 12.1 Å². The lowest BCUT2D eigenvalue weighted by Crippen LogP contribution is -2.40. The molecule has 1 saturated heterocycles. The van der Waals surface area contributed by atoms with Crippen molar-refractivity contribution in [2.45, 2.75) is 37.7 Å². The van der Waals surface area contributed by atoms with Gasteiger partial charge < -0.3 is 14.4 Å². The van der Waals surface area contributed by atoms with Crippen molar-refractivity contribution >= 4 is 26.9 Å². The van der Waals surface area contributed by atoms with E-state index in [4.69, 9.17) is 9.47 Å². The van der Waals surface area contributed by atoms with Crippen molar-refractivity contribution in [3.63, 3.8) is 0 Å². The molecule has 0 unspecified atom stereocenters. The molecule has 0 atom stereocenters. The minimum absolute atomic E-state index is 0.0835. The fourth-order valence-corrected chi connectivity index (χ4v) is 5.57. The molecule has 2 aromatic carbocycles. The maximum Gasteiger partial charge on any atom is 0.410 e. The predicted octanol–water partition coefficient (Wildman–Crippen LogP) is 4.80. The van der Waals surface area contributed by atoms with Crippen LogP contribution in [0.25, 0.3) is 10.8 Å². The molecule has 0 N–H and O–H groups in total. The molecule has 1 amide bonds. The largest absolute Gasteiger partial charge is 0.455 e. The first-order valence-corrected chi connectivity index (χ1v) is 12.8. The average molecular weight is 502 g/mol. The van der Waals surface area contributed by atoms with Crippen LogP contribution < -0.4 is 4.74 Å². The number of pyridine rings is 1. The van der Waals surface area contributed by atoms with Crippen LogP contribution in [-0.2, 0) is 14.8 Å². The highest BCUT2D eigenvalue weighted by Crippen LogP contribution is 2.35. The van der Waals surface area contributed by atoms with Gasteiger partial charge in [0.15, 0.2) is 5.75 Å². The summed E-state index contributed by atoms with van der Waals surface area (Å²) in [4.78, 5) is 18.3. The van der Waals surface area contributed by atoms with Crippen LogP contribution in [0.5, 0.6) is 11.5 Å². The minimum Gasteiger partial charge on any atom is -0.455 e. The van der Waals surface area contributed by atoms with E-state index in [1.54, 1.807) is 39.1 Å². The molecule has 1 fully saturated rings. The number of sulfonamides is 1. The van der Waals surface area contributed by atoms with Gasteiger partial charge in [0.1, 0.15) is 17.2 Å². The molecule has 8 nitrogen and oxygen atoms in total. The first-order chi connectivity index (χ1) is 16.5. The molecule has 1 aliphatic rings. The van der Waals surface area contributed by atoms with Crippen LogP contribution >= 0.6 is 0 Å². The summed E-state index contributed by atoms with van der Waals surface area (Å²) in [5.41, 5.74) is -0.632. The van der Waals surface area contributed by atoms with E-state index in [1.165, 1.54) is 45.7 Å². The molecule has 0 radical (unpaired) electrons. The molecular formula is C25H28FN3O5S. The number of halogens is 1. The van der Waals surface area contributed by atoms with Crippen molar-refractivity contribution < 1.29 is 27.1 Å². The number of aromatic nitrogens is 1. The summed E-state index contributed by atoms with van der Waals surface area (Å²) < 4.78 is 53.6. The quantitative estimate of drug-likeness (QED) is 0.510. The van der Waals surface area contributed by atoms with E-state index in [-0.39, 0.29) is 30.3 Å². The van der Waals surface area contributed by atoms with Gasteiger partial charge in [0, 0.05) is 43.1 Å². The molecule has 35 heavy (non-hydrogen) atoms. The maximum absolute atomic E-state index is 13.8. The van der Waals surface area contributed by atoms with Gasteiger partial charge in [-0.25, -0.2) is 17.6 Å². The summed E-state index contributed by atoms with van der Waals surface area (Å²) in [5.74, 6) is 0.201. The lowest BCUT2D eigenvalue weighted by atomic mass is 10.1. The van der Waals surface area contributed by atoms with Crippen molar-refractivity contribution in [1.29, 1.82) is 0 Å². The van der Waals surface area contributed by atoms with Crippen molar-refractivity contribution in [3.8, 4) is 11.5 Å². The SMILES string of the molecule is CC(C)(C)OC(=O)N1CCCN(S(=O)(=O)c2cccc3cncc(Oc4ccc(F)cc4)c23)CC1. The fourth-order valence-electron chi connectivity index (χ4n) is 3.87. The van der Waals surface area contributed by atoms with Gasteiger partial charge in [-0.3, -0.25) is 4.98 Å². The lowest BCUT2D eigenvalue weighted by Gasteiger charge is -2.26. The third kappa shape index (κ3) is 5.71. The Hall–Kier alpha value is -3.24. The number of hydrogen-bond donors (Lipinski definition) is 0. The van der Waals surface area contributed by atoms with Gasteiger partial charge >= 0.3 is 6.09 Å². The van der Waals surface area contributed by atoms with Crippen LogP contribution in [0.4, 0.5) is 9.18 Å². The van der Waals surface area contributed by atoms with E-state index in [0.29, 0.717) is 29.5 Å². The second-order valence-corrected chi connectivity index (χ2v) is 11.2. The van der Waals surface area contributed by atoms with Gasteiger partial charge in [0.25, 0.3) is 0 Å². The lowest BCUT2D eigenvalue weighted by molar-refractivity contribution is 0.0260. The topological polar surface area (TPSA) is 89.0 Å². The van der Waals surface area contributed by atoms with Crippen molar-refractivity contribution in [2.75, 3.05) is 26.2 Å². The maximum atomic E-state index is 13.8. The second-order valence-electron chi connectivity index (χ2n) is 9.27. The molecule has 4 rings (SSSR count). The summed E-state index contributed by atoms with van der Waals surface area (Å²) in [6.45, 7) is 6.40. The van der Waals surface area contributed by atoms with E-state index >= 15 is 0 Å². The summed E-state index contributed by atoms with van der Waals surface area (Å²) in [7, 11) is -3.93. The van der Waals surface area contributed by atoms with Crippen LogP contribution in [-0.4, -0.2) is 60.5 Å². The third-order valence-corrected chi connectivity index (χ3v) is 7.42. The standard InChI is InChI=1S/C25H28FN3O5S/c1-25(2,3)34-24(30)28-12-5-13-29(15-14-28)35(31,32)22-7-4-6-18-16-27-17-21(23(18)22)33-20-10-8-19(26)9-11-20/h4,6-11,16-17H,5,12-15H2,1-3H3. The van der Waals surface area contributed by atoms with Crippen LogP contribution in [0.2, 0.25) is 0 Å². The van der Waals surface area contributed by atoms with Gasteiger partial charge in [0.2, 0.25) is 10.0 Å². The van der Waals surface area contributed by atoms with E-state index in [0.717, 1.165) is 0 Å². The summed E-state index contributed by atoms with van der Waals surface area (Å²) in [6, 6.07) is 10.4. The highest BCUT2D eigenvalue weighted by Gasteiger charge is 2.31. The molecule has 0 saturated carbocycles. The third-order valence-electron chi connectivity index (χ3n) is 5.48. The van der Waals surface area contributed by atoms with Crippen LogP contribution in [0.3, 0.4) is 0 Å². The summed E-state index contributed by atoms with van der Waals surface area (Å²) in [5, 5.41) is 0.982. The number of carbonyl (C=O) groups is 1. The number of hydrogen-bond acceptors (Lipinski definition) is 6. The molecular weight excluding hydrogens is 473 g/mol. The molecule has 10 heteroatoms. The first kappa shape index (κ1) is 24.9. The van der Waals surface area contributed by atoms with Crippen LogP contribution in [0.15, 0.2) is 59.8 Å². The molecule has 1 aromatic heterocycles. The van der Waals surface area contributed by atoms with E-state index in [2.05, 4.69) is 4.98 Å². The molecule has 0 aliphatic carbocycles. The molecule has 0 spiro atoms. The van der Waals surface area contributed by atoms with E-state index < -0.39 is 27.5 Å². The fraction of sp³-hybridized carbons (Fsp3) is 0.360. The highest BCUT2D eigenvalue weighted by atomic mass is 32.2. The monoisotopic (exact) mass is 501 g/mol. The van der Waals surface area contributed by atoms with Gasteiger partial charge in [-0.15, -0.1) is 0 Å². The Labute approximate surface area is 204 Å². The number of ether oxygens (including phenoxy) is 2. The Balaban J connectivity index is 1.64. The second kappa shape index (κ2) is 9.79. The zero-order valence-corrected chi connectivity index (χ0v) is 20.7. The van der Waals surface area contributed by atoms with Gasteiger partial charge in [0.05, 0.1) is 11.1 Å². The van der Waals surface area contributed by atoms with Crippen LogP contribution in [0.1, 0.15) is 27.2 Å². The van der Waals surface area contributed by atoms with Crippen molar-refractivity contribution in [3.05, 3.63) is 60.7 Å². The number of rotatable bonds is 4. The zero-order valence-electron chi connectivity index (χ0n) is 19.9. The molecule has 1 aliphatic heterocycles. The van der Waals surface area contributed by atoms with Crippen LogP contribution in [0, 0.1) is 5.82 Å². The minimum atomic E-state index is -3.93. The number of benzene rings is 2. The highest BCUT2D eigenvalue weighted by molar-refractivity contribution is 7.89. The zero-order chi connectivity index (χ0) is 25.2. The Kier molecular flexibility index (Phi) is 6.95. The predicted molar refractivity (Wildman–Crippen MR) is 129 cm³/mol. The van der Waals surface area contributed by atoms with E-state index in [1.807, 2.05) is 0 Å². The number of nitrogens with zero attached hydrogens (tertiary/aromatic N) is 3.